The molecule has 0 saturated carbocycles. The number of carbonyl (C=O) groups is 2. The number of esters is 1. The number of hydrogen-bond acceptors (Lipinski definition) is 28. The zero-order chi connectivity index (χ0) is 77.2. The average Bonchev–Trinajstić information content (AvgIpc) is 1.63. The van der Waals surface area contributed by atoms with E-state index in [2.05, 4.69) is 116 Å². The van der Waals surface area contributed by atoms with E-state index in [-0.39, 0.29) is 97.4 Å². The van der Waals surface area contributed by atoms with Crippen molar-refractivity contribution < 1.29 is 88.3 Å². The standard InChI is InChI=1S/C30H43FN7O9P.C23H39ClFN5O4Si2.C11H13ClFN5O3/c1-7-8-12-15-43-29(41)36-28-34-24(32-6)22-25(35-28)38(17-33-22)27-30(5,31)23(39)21(46-27)16-44-48(42,47-20-13-10-9-11-14-20)37-19(4)26(40)45-18(2)3;1-12(2)35(13(3)4)31-10-16-18(33-36(34-35,14(5)6)15(7)8)23(9,25)21(32-16)30-11-27-17-19(24)28-22(26)29-20(17)30;1-11(13)6(20)4(2-19)21-9(11)18-3-15-5-7(12)16-10(14)17-8(5)18/h9-11,13-14,17-19,21,23,27,39H,7-8,12,15-16H2,1-6H3,(H,37,42)(H2,32,34,35,36,41);11-16,18,21H,10H2,1-9H3,(H2,26,28,29);3-4,6,9,19-20H,2H2,1H3,(H2,14,16,17)/t19-,21+,23+,27+,30+,48-;16-,18-,21-,23-;4-,6-,9-,11-/m011/s1. The number of alkyl halides is 3. The molecule has 1 aromatic carbocycles. The number of carbonyl (C=O) groups excluding carboxylic acids is 2. The number of benzene rings is 1. The minimum absolute atomic E-state index is 0.0255. The quantitative estimate of drug-likeness (QED) is 0.00969. The van der Waals surface area contributed by atoms with E-state index in [0.717, 1.165) is 19.8 Å². The molecule has 7 aromatic rings. The van der Waals surface area contributed by atoms with Crippen LogP contribution in [0.1, 0.15) is 142 Å². The van der Waals surface area contributed by atoms with Crippen molar-refractivity contribution in [3.05, 3.63) is 59.6 Å². The van der Waals surface area contributed by atoms with Gasteiger partial charge in [0, 0.05) is 7.05 Å². The Morgan fingerprint density at radius 2 is 1.22 bits per heavy atom. The average molecular weight is 1570 g/mol. The van der Waals surface area contributed by atoms with E-state index in [1.54, 1.807) is 39.1 Å². The van der Waals surface area contributed by atoms with Crippen molar-refractivity contribution in [2.75, 3.05) is 55.6 Å². The van der Waals surface area contributed by atoms with Crippen molar-refractivity contribution in [1.29, 1.82) is 0 Å². The summed E-state index contributed by atoms with van der Waals surface area (Å²) in [5, 5.41) is 38.1. The summed E-state index contributed by atoms with van der Waals surface area (Å²) in [7, 11) is -8.55. The van der Waals surface area contributed by atoms with Crippen LogP contribution in [0.2, 0.25) is 32.5 Å². The number of aromatic nitrogens is 12. The second-order valence-electron chi connectivity index (χ2n) is 28.0. The van der Waals surface area contributed by atoms with Gasteiger partial charge in [0.2, 0.25) is 17.8 Å². The van der Waals surface area contributed by atoms with Crippen LogP contribution in [-0.4, -0.2) is 202 Å². The molecule has 6 aromatic heterocycles. The molecule has 11 rings (SSSR count). The monoisotopic (exact) mass is 1570 g/mol. The Kier molecular flexibility index (Phi) is 26.0. The molecular formula is C64H95Cl2F3N17O16PSi2. The molecule has 105 heavy (non-hydrogen) atoms. The lowest BCUT2D eigenvalue weighted by Crippen LogP contribution is -2.66. The zero-order valence-electron chi connectivity index (χ0n) is 61.2. The molecular weight excluding hydrogens is 1480 g/mol. The smallest absolute Gasteiger partial charge is 0.459 e. The number of aliphatic hydroxyl groups is 3. The van der Waals surface area contributed by atoms with Crippen molar-refractivity contribution in [2.45, 2.75) is 230 Å². The summed E-state index contributed by atoms with van der Waals surface area (Å²) >= 11 is 12.1. The summed E-state index contributed by atoms with van der Waals surface area (Å²) < 4.78 is 126. The highest BCUT2D eigenvalue weighted by molar-refractivity contribution is 7.52. The first-order valence-electron chi connectivity index (χ1n) is 34.5. The Morgan fingerprint density at radius 3 is 1.71 bits per heavy atom. The number of nitrogens with one attached hydrogen (secondary N) is 3. The van der Waals surface area contributed by atoms with Crippen LogP contribution in [-0.2, 0) is 50.5 Å². The van der Waals surface area contributed by atoms with Gasteiger partial charge >= 0.3 is 36.9 Å². The van der Waals surface area contributed by atoms with Gasteiger partial charge in [0.1, 0.15) is 59.4 Å². The second kappa shape index (κ2) is 33.1. The first-order valence-corrected chi connectivity index (χ1v) is 40.7. The molecule has 41 heteroatoms. The summed E-state index contributed by atoms with van der Waals surface area (Å²) in [5.41, 5.74) is 6.69. The number of unbranched alkanes of at least 4 members (excludes halogenated alkanes) is 2. The van der Waals surface area contributed by atoms with Gasteiger partial charge < -0.3 is 73.3 Å². The lowest BCUT2D eigenvalue weighted by molar-refractivity contribution is -0.149. The molecule has 4 saturated heterocycles. The van der Waals surface area contributed by atoms with Crippen LogP contribution in [0.15, 0.2) is 49.3 Å². The summed E-state index contributed by atoms with van der Waals surface area (Å²) in [6, 6.07) is 6.97. The second-order valence-corrected chi connectivity index (χ2v) is 39.2. The van der Waals surface area contributed by atoms with E-state index in [1.807, 2.05) is 6.92 Å². The van der Waals surface area contributed by atoms with Crippen molar-refractivity contribution in [1.82, 2.24) is 63.6 Å². The number of hydrogen-bond donors (Lipinski definition) is 8. The van der Waals surface area contributed by atoms with Crippen LogP contribution in [0.3, 0.4) is 0 Å². The highest BCUT2D eigenvalue weighted by atomic mass is 35.5. The third kappa shape index (κ3) is 17.1. The summed E-state index contributed by atoms with van der Waals surface area (Å²) in [6.07, 6.45) is -5.65. The maximum Gasteiger partial charge on any atom is 0.459 e. The molecule has 0 unspecified atom stereocenters. The van der Waals surface area contributed by atoms with E-state index in [4.69, 9.17) is 85.5 Å². The minimum Gasteiger partial charge on any atom is -0.462 e. The first kappa shape index (κ1) is 82.5. The number of nitrogen functional groups attached to an aromatic ring is 2. The highest BCUT2D eigenvalue weighted by Gasteiger charge is 2.66. The van der Waals surface area contributed by atoms with Crippen LogP contribution < -0.4 is 31.7 Å². The van der Waals surface area contributed by atoms with E-state index in [9.17, 15) is 28.8 Å². The van der Waals surface area contributed by atoms with Gasteiger partial charge in [0.15, 0.2) is 74.3 Å². The molecule has 0 aliphatic carbocycles. The Balaban J connectivity index is 0.000000196. The van der Waals surface area contributed by atoms with Crippen LogP contribution in [0, 0.1) is 0 Å². The number of aliphatic hydroxyl groups excluding tert-OH is 3. The number of ether oxygens (including phenoxy) is 5. The van der Waals surface area contributed by atoms with Crippen molar-refractivity contribution in [2.24, 2.45) is 0 Å². The number of fused-ring (bicyclic) bond motifs is 4. The van der Waals surface area contributed by atoms with E-state index in [0.29, 0.717) is 17.6 Å². The first-order chi connectivity index (χ1) is 49.3. The van der Waals surface area contributed by atoms with Gasteiger partial charge in [-0.15, -0.1) is 0 Å². The number of imidazole rings is 3. The molecule has 4 aliphatic rings. The Hall–Kier alpha value is -6.60. The van der Waals surface area contributed by atoms with E-state index >= 15 is 8.78 Å². The predicted molar refractivity (Wildman–Crippen MR) is 386 cm³/mol. The van der Waals surface area contributed by atoms with Crippen molar-refractivity contribution in [3.8, 4) is 5.75 Å². The SMILES string of the molecule is CC(C)[Si]1(C(C)C)OC[C@H]2O[C@@H](n3cnc4c(Cl)nc(N)nc43)[C@](C)(F)[C@@H]2O[Si](C(C)C)(C(C)C)O1.CCCCCOC(=O)Nc1nc(NC)c2ncn([C@@H]3O[C@H](CO[P@@](=O)(N[C@@H](C)C(=O)OC(C)C)Oc4ccccc4)[C@@H](O)[C@@]3(C)F)c2n1.C[C@@]1(F)[C@H](O)[C@@H](CO)O[C@H]1n1cnc2c(Cl)nc(N)nc21. The Morgan fingerprint density at radius 1 is 0.714 bits per heavy atom. The van der Waals surface area contributed by atoms with E-state index in [1.165, 1.54) is 65.6 Å². The van der Waals surface area contributed by atoms with Gasteiger partial charge in [-0.2, -0.15) is 35.0 Å². The minimum atomic E-state index is -4.34. The lowest BCUT2D eigenvalue weighted by atomic mass is 9.98. The molecule has 33 nitrogen and oxygen atoms in total. The number of amides is 1. The summed E-state index contributed by atoms with van der Waals surface area (Å²) in [4.78, 5) is 62.0. The van der Waals surface area contributed by atoms with E-state index < -0.39 is 135 Å². The topological polar surface area (TPSA) is 423 Å². The zero-order valence-corrected chi connectivity index (χ0v) is 65.6. The molecule has 0 spiro atoms. The molecule has 1 amide bonds. The predicted octanol–water partition coefficient (Wildman–Crippen LogP) is 10.4. The fourth-order valence-corrected chi connectivity index (χ4v) is 26.2. The van der Waals surface area contributed by atoms with Gasteiger partial charge in [-0.25, -0.2) is 37.5 Å². The van der Waals surface area contributed by atoms with Crippen LogP contribution in [0.4, 0.5) is 41.6 Å². The molecule has 580 valence electrons. The number of para-hydroxylation sites is 1. The summed E-state index contributed by atoms with van der Waals surface area (Å²) in [5.74, 6) is -0.558. The third-order valence-electron chi connectivity index (χ3n) is 18.5. The maximum atomic E-state index is 16.9. The van der Waals surface area contributed by atoms with Crippen LogP contribution in [0.25, 0.3) is 33.5 Å². The van der Waals surface area contributed by atoms with Gasteiger partial charge in [0.05, 0.1) is 51.5 Å². The maximum absolute atomic E-state index is 16.9. The number of halogens is 5. The Bertz CT molecular complexity index is 4200. The van der Waals surface area contributed by atoms with Crippen molar-refractivity contribution >= 4 is 117 Å². The van der Waals surface area contributed by atoms with Gasteiger partial charge in [-0.05, 0) is 82.3 Å². The van der Waals surface area contributed by atoms with Crippen LogP contribution >= 0.6 is 30.9 Å². The largest absolute Gasteiger partial charge is 0.462 e. The number of anilines is 4. The number of rotatable bonds is 23. The van der Waals surface area contributed by atoms with Crippen LogP contribution in [0.5, 0.6) is 5.75 Å². The van der Waals surface area contributed by atoms with Gasteiger partial charge in [0.25, 0.3) is 0 Å². The fourth-order valence-electron chi connectivity index (χ4n) is 13.0. The fraction of sp³-hybridized carbons (Fsp3) is 0.641. The van der Waals surface area contributed by atoms with Crippen molar-refractivity contribution in [3.63, 3.8) is 0 Å². The normalized spacial score (nSPS) is 27.3. The molecule has 10 N–H and O–H groups in total. The molecule has 14 atom stereocenters. The van der Waals surface area contributed by atoms with Gasteiger partial charge in [-0.1, -0.05) is 117 Å². The number of nitrogens with zero attached hydrogens (tertiary/aromatic N) is 12. The van der Waals surface area contributed by atoms with Gasteiger partial charge in [-0.3, -0.25) is 28.3 Å². The lowest BCUT2D eigenvalue weighted by Gasteiger charge is -2.51. The molecule has 4 aliphatic heterocycles. The third-order valence-corrected chi connectivity index (χ3v) is 30.9. The molecule has 4 fully saturated rings. The Labute approximate surface area is 617 Å². The molecule has 0 radical (unpaired) electrons. The molecule has 0 bridgehead atoms. The molecule has 10 heterocycles. The summed E-state index contributed by atoms with van der Waals surface area (Å²) in [6.45, 7) is 26.9. The number of nitrogens with two attached hydrogens (primary N) is 2. The highest BCUT2D eigenvalue weighted by Crippen LogP contribution is 2.54.